The van der Waals surface area contributed by atoms with Crippen molar-refractivity contribution in [2.45, 2.75) is 25.7 Å². The fourth-order valence-electron chi connectivity index (χ4n) is 4.38. The summed E-state index contributed by atoms with van der Waals surface area (Å²) >= 11 is 0. The van der Waals surface area contributed by atoms with Crippen LogP contribution in [0, 0.1) is 23.7 Å². The molecule has 2 N–H and O–H groups in total. The third-order valence-corrected chi connectivity index (χ3v) is 5.45. The lowest BCUT2D eigenvalue weighted by molar-refractivity contribution is -0.156. The maximum Gasteiger partial charge on any atom is 0.307 e. The fourth-order valence-corrected chi connectivity index (χ4v) is 4.38. The smallest absolute Gasteiger partial charge is 0.307 e. The molecule has 0 radical (unpaired) electrons. The summed E-state index contributed by atoms with van der Waals surface area (Å²) in [4.78, 5) is 24.4. The lowest BCUT2D eigenvalue weighted by Gasteiger charge is -2.45. The molecule has 2 atom stereocenters. The summed E-state index contributed by atoms with van der Waals surface area (Å²) in [6, 6.07) is 5.22. The number of carboxylic acids is 1. The van der Waals surface area contributed by atoms with Crippen molar-refractivity contribution in [3.05, 3.63) is 18.2 Å². The maximum absolute atomic E-state index is 12.7. The van der Waals surface area contributed by atoms with E-state index in [0.717, 1.165) is 25.7 Å². The van der Waals surface area contributed by atoms with Crippen molar-refractivity contribution in [2.24, 2.45) is 23.7 Å². The van der Waals surface area contributed by atoms with Crippen LogP contribution in [0.1, 0.15) is 25.7 Å². The lowest BCUT2D eigenvalue weighted by Crippen LogP contribution is -2.49. The molecular weight excluding hydrogens is 298 g/mol. The van der Waals surface area contributed by atoms with Crippen LogP contribution < -0.4 is 14.8 Å². The molecule has 0 aromatic heterocycles. The van der Waals surface area contributed by atoms with E-state index in [1.807, 2.05) is 0 Å². The van der Waals surface area contributed by atoms with Gasteiger partial charge in [0.2, 0.25) is 12.7 Å². The highest BCUT2D eigenvalue weighted by Crippen LogP contribution is 2.49. The standard InChI is InChI=1S/C17H19NO5/c19-16(18-11-5-6-12-13(7-11)23-8-22-12)14-9-1-3-10(4-2-9)15(14)17(20)21/h5-7,9-10,14-15H,1-4,8H2,(H,18,19)(H,20,21)/t9?,10?,14-,15+/m1/s1. The van der Waals surface area contributed by atoms with Gasteiger partial charge in [0.25, 0.3) is 0 Å². The van der Waals surface area contributed by atoms with E-state index in [0.29, 0.717) is 17.2 Å². The molecule has 0 spiro atoms. The van der Waals surface area contributed by atoms with E-state index in [1.54, 1.807) is 18.2 Å². The number of ether oxygens (including phenoxy) is 2. The van der Waals surface area contributed by atoms with Crippen LogP contribution in [0.15, 0.2) is 18.2 Å². The van der Waals surface area contributed by atoms with E-state index in [1.165, 1.54) is 0 Å². The molecule has 23 heavy (non-hydrogen) atoms. The minimum atomic E-state index is -0.842. The number of hydrogen-bond donors (Lipinski definition) is 2. The van der Waals surface area contributed by atoms with Crippen LogP contribution >= 0.6 is 0 Å². The first-order valence-electron chi connectivity index (χ1n) is 8.07. The molecule has 122 valence electrons. The van der Waals surface area contributed by atoms with Crippen LogP contribution in [0.25, 0.3) is 0 Å². The molecule has 1 amide bonds. The Morgan fingerprint density at radius 3 is 2.35 bits per heavy atom. The molecule has 0 unspecified atom stereocenters. The van der Waals surface area contributed by atoms with Gasteiger partial charge in [0.05, 0.1) is 11.8 Å². The number of rotatable bonds is 3. The average Bonchev–Trinajstić information content (AvgIpc) is 3.02. The normalized spacial score (nSPS) is 31.0. The molecule has 0 saturated heterocycles. The summed E-state index contributed by atoms with van der Waals surface area (Å²) in [6.45, 7) is 0.181. The van der Waals surface area contributed by atoms with Gasteiger partial charge in [0.15, 0.2) is 11.5 Å². The third kappa shape index (κ3) is 2.42. The van der Waals surface area contributed by atoms with Crippen LogP contribution in [0.4, 0.5) is 5.69 Å². The Bertz CT molecular complexity index is 650. The second-order valence-corrected chi connectivity index (χ2v) is 6.62. The molecule has 1 aromatic carbocycles. The monoisotopic (exact) mass is 317 g/mol. The van der Waals surface area contributed by atoms with Gasteiger partial charge in [0, 0.05) is 11.8 Å². The molecule has 3 aliphatic carbocycles. The Hall–Kier alpha value is -2.24. The van der Waals surface area contributed by atoms with Gasteiger partial charge in [-0.3, -0.25) is 9.59 Å². The summed E-state index contributed by atoms with van der Waals surface area (Å²) in [5.74, 6) is -0.469. The Kier molecular flexibility index (Phi) is 3.39. The number of carbonyl (C=O) groups excluding carboxylic acids is 1. The second kappa shape index (κ2) is 5.44. The Morgan fingerprint density at radius 2 is 1.65 bits per heavy atom. The maximum atomic E-state index is 12.7. The van der Waals surface area contributed by atoms with E-state index >= 15 is 0 Å². The Morgan fingerprint density at radius 1 is 1.00 bits per heavy atom. The SMILES string of the molecule is O=C(Nc1ccc2c(c1)OCO2)[C@@H]1C2CCC(CC2)[C@@H]1C(=O)O. The summed E-state index contributed by atoms with van der Waals surface area (Å²) in [6.07, 6.45) is 3.76. The molecule has 2 bridgehead atoms. The van der Waals surface area contributed by atoms with Crippen molar-refractivity contribution in [3.63, 3.8) is 0 Å². The van der Waals surface area contributed by atoms with Gasteiger partial charge in [0.1, 0.15) is 0 Å². The van der Waals surface area contributed by atoms with Gasteiger partial charge in [-0.1, -0.05) is 0 Å². The number of nitrogens with one attached hydrogen (secondary N) is 1. The summed E-state index contributed by atoms with van der Waals surface area (Å²) in [7, 11) is 0. The molecule has 3 fully saturated rings. The highest BCUT2D eigenvalue weighted by atomic mass is 16.7. The molecule has 6 heteroatoms. The highest BCUT2D eigenvalue weighted by Gasteiger charge is 2.50. The molecule has 4 aliphatic rings. The van der Waals surface area contributed by atoms with Crippen LogP contribution in [-0.4, -0.2) is 23.8 Å². The predicted octanol–water partition coefficient (Wildman–Crippen LogP) is 2.49. The minimum absolute atomic E-state index is 0.130. The largest absolute Gasteiger partial charge is 0.481 e. The molecule has 5 rings (SSSR count). The number of anilines is 1. The molecule has 1 aliphatic heterocycles. The number of benzene rings is 1. The Labute approximate surface area is 133 Å². The average molecular weight is 317 g/mol. The number of amides is 1. The molecule has 3 saturated carbocycles. The highest BCUT2D eigenvalue weighted by molar-refractivity contribution is 5.96. The van der Waals surface area contributed by atoms with E-state index in [4.69, 9.17) is 9.47 Å². The van der Waals surface area contributed by atoms with Gasteiger partial charge in [-0.05, 0) is 49.7 Å². The second-order valence-electron chi connectivity index (χ2n) is 6.62. The van der Waals surface area contributed by atoms with Gasteiger partial charge < -0.3 is 19.9 Å². The quantitative estimate of drug-likeness (QED) is 0.894. The topological polar surface area (TPSA) is 84.9 Å². The van der Waals surface area contributed by atoms with E-state index in [9.17, 15) is 14.7 Å². The molecule has 1 heterocycles. The Balaban J connectivity index is 1.54. The minimum Gasteiger partial charge on any atom is -0.481 e. The number of hydrogen-bond acceptors (Lipinski definition) is 4. The van der Waals surface area contributed by atoms with Crippen LogP contribution in [0.2, 0.25) is 0 Å². The van der Waals surface area contributed by atoms with Crippen molar-refractivity contribution < 1.29 is 24.2 Å². The van der Waals surface area contributed by atoms with Gasteiger partial charge >= 0.3 is 5.97 Å². The van der Waals surface area contributed by atoms with Gasteiger partial charge in [-0.2, -0.15) is 0 Å². The van der Waals surface area contributed by atoms with Crippen LogP contribution in [-0.2, 0) is 9.59 Å². The molecule has 6 nitrogen and oxygen atoms in total. The van der Waals surface area contributed by atoms with Crippen molar-refractivity contribution in [2.75, 3.05) is 12.1 Å². The van der Waals surface area contributed by atoms with E-state index in [2.05, 4.69) is 5.32 Å². The zero-order chi connectivity index (χ0) is 16.0. The van der Waals surface area contributed by atoms with Crippen LogP contribution in [0.3, 0.4) is 0 Å². The number of carbonyl (C=O) groups is 2. The first-order valence-corrected chi connectivity index (χ1v) is 8.07. The van der Waals surface area contributed by atoms with E-state index < -0.39 is 17.8 Å². The number of fused-ring (bicyclic) bond motifs is 4. The number of aliphatic carboxylic acids is 1. The van der Waals surface area contributed by atoms with Crippen molar-refractivity contribution >= 4 is 17.6 Å². The van der Waals surface area contributed by atoms with Crippen LogP contribution in [0.5, 0.6) is 11.5 Å². The van der Waals surface area contributed by atoms with Gasteiger partial charge in [-0.25, -0.2) is 0 Å². The van der Waals surface area contributed by atoms with Crippen molar-refractivity contribution in [3.8, 4) is 11.5 Å². The predicted molar refractivity (Wildman–Crippen MR) is 81.3 cm³/mol. The zero-order valence-corrected chi connectivity index (χ0v) is 12.7. The number of carboxylic acid groups (broad SMARTS) is 1. The molecular formula is C17H19NO5. The zero-order valence-electron chi connectivity index (χ0n) is 12.7. The first-order chi connectivity index (χ1) is 11.1. The first kappa shape index (κ1) is 14.4. The summed E-state index contributed by atoms with van der Waals surface area (Å²) in [5.41, 5.74) is 0.616. The summed E-state index contributed by atoms with van der Waals surface area (Å²) < 4.78 is 10.6. The fraction of sp³-hybridized carbons (Fsp3) is 0.529. The van der Waals surface area contributed by atoms with Crippen molar-refractivity contribution in [1.29, 1.82) is 0 Å². The lowest BCUT2D eigenvalue weighted by atomic mass is 9.58. The van der Waals surface area contributed by atoms with Crippen molar-refractivity contribution in [1.82, 2.24) is 0 Å². The third-order valence-electron chi connectivity index (χ3n) is 5.45. The molecule has 1 aromatic rings. The van der Waals surface area contributed by atoms with E-state index in [-0.39, 0.29) is 24.5 Å². The van der Waals surface area contributed by atoms with Gasteiger partial charge in [-0.15, -0.1) is 0 Å². The summed E-state index contributed by atoms with van der Waals surface area (Å²) in [5, 5.41) is 12.4.